The molecule has 0 atom stereocenters. The fourth-order valence-electron chi connectivity index (χ4n) is 2.05. The maximum Gasteiger partial charge on any atom is 0.303 e. The van der Waals surface area contributed by atoms with Crippen molar-refractivity contribution >= 4 is 17.0 Å². The molecule has 0 saturated heterocycles. The zero-order valence-electron chi connectivity index (χ0n) is 10.9. The summed E-state index contributed by atoms with van der Waals surface area (Å²) in [4.78, 5) is 14.7. The summed E-state index contributed by atoms with van der Waals surface area (Å²) in [6, 6.07) is 2.09. The quantitative estimate of drug-likeness (QED) is 0.884. The number of hydrogen-bond acceptors (Lipinski definition) is 3. The van der Waals surface area contributed by atoms with Gasteiger partial charge in [-0.05, 0) is 6.42 Å². The molecule has 20 heavy (non-hydrogen) atoms. The average Bonchev–Trinajstić information content (AvgIpc) is 2.68. The monoisotopic (exact) mass is 284 g/mol. The third-order valence-corrected chi connectivity index (χ3v) is 2.92. The Morgan fingerprint density at radius 1 is 1.40 bits per heavy atom. The van der Waals surface area contributed by atoms with Crippen molar-refractivity contribution in [2.24, 2.45) is 0 Å². The Morgan fingerprint density at radius 2 is 2.10 bits per heavy atom. The third-order valence-electron chi connectivity index (χ3n) is 2.92. The van der Waals surface area contributed by atoms with E-state index in [9.17, 15) is 13.6 Å². The maximum absolute atomic E-state index is 13.3. The molecule has 0 spiro atoms. The lowest BCUT2D eigenvalue weighted by atomic mass is 10.2. The van der Waals surface area contributed by atoms with Gasteiger partial charge < -0.3 is 14.4 Å². The van der Waals surface area contributed by atoms with Crippen LogP contribution in [-0.2, 0) is 22.7 Å². The molecule has 0 amide bonds. The first-order valence-electron chi connectivity index (χ1n) is 6.08. The Bertz CT molecular complexity index is 640. The van der Waals surface area contributed by atoms with E-state index in [2.05, 4.69) is 4.98 Å². The summed E-state index contributed by atoms with van der Waals surface area (Å²) in [7, 11) is 1.49. The number of carbonyl (C=O) groups is 1. The van der Waals surface area contributed by atoms with Crippen LogP contribution < -0.4 is 0 Å². The second-order valence-corrected chi connectivity index (χ2v) is 4.37. The van der Waals surface area contributed by atoms with E-state index in [4.69, 9.17) is 9.84 Å². The van der Waals surface area contributed by atoms with Crippen LogP contribution in [0.15, 0.2) is 12.1 Å². The number of methoxy groups -OCH3 is 1. The topological polar surface area (TPSA) is 64.4 Å². The first-order chi connectivity index (χ1) is 9.52. The van der Waals surface area contributed by atoms with E-state index in [1.165, 1.54) is 7.11 Å². The molecule has 2 aromatic rings. The number of halogens is 2. The summed E-state index contributed by atoms with van der Waals surface area (Å²) in [5, 5.41) is 8.65. The van der Waals surface area contributed by atoms with E-state index in [0.29, 0.717) is 29.8 Å². The molecule has 0 saturated carbocycles. The van der Waals surface area contributed by atoms with Crippen molar-refractivity contribution in [1.82, 2.24) is 9.55 Å². The first kappa shape index (κ1) is 14.4. The van der Waals surface area contributed by atoms with Crippen LogP contribution in [0.5, 0.6) is 0 Å². The van der Waals surface area contributed by atoms with Gasteiger partial charge in [0.25, 0.3) is 0 Å². The van der Waals surface area contributed by atoms with E-state index in [1.54, 1.807) is 4.57 Å². The molecule has 0 unspecified atom stereocenters. The minimum Gasteiger partial charge on any atom is -0.481 e. The lowest BCUT2D eigenvalue weighted by Gasteiger charge is -2.07. The number of nitrogens with zero attached hydrogens (tertiary/aromatic N) is 2. The van der Waals surface area contributed by atoms with Crippen molar-refractivity contribution in [2.45, 2.75) is 26.0 Å². The number of hydrogen-bond donors (Lipinski definition) is 1. The van der Waals surface area contributed by atoms with E-state index in [-0.39, 0.29) is 13.0 Å². The maximum atomic E-state index is 13.3. The number of fused-ring (bicyclic) bond motifs is 1. The van der Waals surface area contributed by atoms with Crippen molar-refractivity contribution in [1.29, 1.82) is 0 Å². The van der Waals surface area contributed by atoms with Crippen LogP contribution in [0.2, 0.25) is 0 Å². The highest BCUT2D eigenvalue weighted by Crippen LogP contribution is 2.21. The molecule has 0 fully saturated rings. The van der Waals surface area contributed by atoms with Gasteiger partial charge in [-0.2, -0.15) is 0 Å². The van der Waals surface area contributed by atoms with Crippen LogP contribution in [0, 0.1) is 11.6 Å². The fourth-order valence-corrected chi connectivity index (χ4v) is 2.05. The number of rotatable bonds is 6. The summed E-state index contributed by atoms with van der Waals surface area (Å²) in [5.74, 6) is -2.31. The Labute approximate surface area is 113 Å². The molecular weight excluding hydrogens is 270 g/mol. The zero-order chi connectivity index (χ0) is 14.7. The first-order valence-corrected chi connectivity index (χ1v) is 6.08. The second kappa shape index (κ2) is 5.96. The summed E-state index contributed by atoms with van der Waals surface area (Å²) in [6.45, 7) is 0.539. The van der Waals surface area contributed by atoms with Crippen LogP contribution in [0.25, 0.3) is 11.0 Å². The minimum absolute atomic E-state index is 0.00419. The Balaban J connectivity index is 2.39. The molecule has 0 aliphatic rings. The highest BCUT2D eigenvalue weighted by atomic mass is 19.2. The molecule has 0 bridgehead atoms. The van der Waals surface area contributed by atoms with Crippen molar-refractivity contribution in [3.63, 3.8) is 0 Å². The molecule has 1 N–H and O–H groups in total. The number of imidazole rings is 1. The van der Waals surface area contributed by atoms with Gasteiger partial charge in [-0.25, -0.2) is 13.8 Å². The highest BCUT2D eigenvalue weighted by molar-refractivity contribution is 5.76. The Kier molecular flexibility index (Phi) is 4.29. The molecule has 108 valence electrons. The molecule has 2 rings (SSSR count). The lowest BCUT2D eigenvalue weighted by Crippen LogP contribution is -2.07. The van der Waals surface area contributed by atoms with E-state index < -0.39 is 17.6 Å². The van der Waals surface area contributed by atoms with Crippen LogP contribution in [0.3, 0.4) is 0 Å². The normalized spacial score (nSPS) is 11.2. The molecule has 7 heteroatoms. The number of carboxylic acids is 1. The molecule has 1 aromatic carbocycles. The van der Waals surface area contributed by atoms with E-state index in [1.807, 2.05) is 0 Å². The Hall–Kier alpha value is -2.02. The SMILES string of the molecule is COCc1nc2cc(F)c(F)cc2n1CCCC(=O)O. The van der Waals surface area contributed by atoms with Gasteiger partial charge in [-0.3, -0.25) is 4.79 Å². The van der Waals surface area contributed by atoms with Gasteiger partial charge in [0.05, 0.1) is 11.0 Å². The average molecular weight is 284 g/mol. The number of aromatic nitrogens is 2. The lowest BCUT2D eigenvalue weighted by molar-refractivity contribution is -0.137. The number of benzene rings is 1. The second-order valence-electron chi connectivity index (χ2n) is 4.37. The standard InChI is InChI=1S/C13H14F2N2O3/c1-20-7-12-16-10-5-8(14)9(15)6-11(10)17(12)4-2-3-13(18)19/h5-6H,2-4,7H2,1H3,(H,18,19). The van der Waals surface area contributed by atoms with Crippen LogP contribution in [0.1, 0.15) is 18.7 Å². The number of aliphatic carboxylic acids is 1. The predicted molar refractivity (Wildman–Crippen MR) is 67.2 cm³/mol. The molecule has 1 heterocycles. The van der Waals surface area contributed by atoms with Gasteiger partial charge in [0.2, 0.25) is 0 Å². The van der Waals surface area contributed by atoms with Gasteiger partial charge in [-0.15, -0.1) is 0 Å². The molecule has 1 aromatic heterocycles. The van der Waals surface area contributed by atoms with E-state index in [0.717, 1.165) is 12.1 Å². The van der Waals surface area contributed by atoms with Crippen molar-refractivity contribution in [2.75, 3.05) is 7.11 Å². The van der Waals surface area contributed by atoms with Crippen LogP contribution in [0.4, 0.5) is 8.78 Å². The van der Waals surface area contributed by atoms with Crippen LogP contribution in [-0.4, -0.2) is 27.7 Å². The molecule has 0 radical (unpaired) electrons. The van der Waals surface area contributed by atoms with Gasteiger partial charge in [0, 0.05) is 32.2 Å². The van der Waals surface area contributed by atoms with E-state index >= 15 is 0 Å². The molecule has 5 nitrogen and oxygen atoms in total. The zero-order valence-corrected chi connectivity index (χ0v) is 10.9. The number of carboxylic acid groups (broad SMARTS) is 1. The van der Waals surface area contributed by atoms with Crippen molar-refractivity contribution < 1.29 is 23.4 Å². The Morgan fingerprint density at radius 3 is 2.75 bits per heavy atom. The minimum atomic E-state index is -0.961. The smallest absolute Gasteiger partial charge is 0.303 e. The largest absolute Gasteiger partial charge is 0.481 e. The summed E-state index contributed by atoms with van der Waals surface area (Å²) < 4.78 is 33.2. The highest BCUT2D eigenvalue weighted by Gasteiger charge is 2.14. The summed E-state index contributed by atoms with van der Waals surface area (Å²) >= 11 is 0. The van der Waals surface area contributed by atoms with Crippen molar-refractivity contribution in [3.8, 4) is 0 Å². The third kappa shape index (κ3) is 2.93. The van der Waals surface area contributed by atoms with Crippen molar-refractivity contribution in [3.05, 3.63) is 29.6 Å². The van der Waals surface area contributed by atoms with Gasteiger partial charge in [0.15, 0.2) is 11.6 Å². The summed E-state index contributed by atoms with van der Waals surface area (Å²) in [6.07, 6.45) is 0.367. The number of ether oxygens (including phenoxy) is 1. The molecule has 0 aliphatic carbocycles. The van der Waals surface area contributed by atoms with Crippen LogP contribution >= 0.6 is 0 Å². The summed E-state index contributed by atoms with van der Waals surface area (Å²) in [5.41, 5.74) is 0.757. The van der Waals surface area contributed by atoms with Gasteiger partial charge in [0.1, 0.15) is 12.4 Å². The fraction of sp³-hybridized carbons (Fsp3) is 0.385. The van der Waals surface area contributed by atoms with Gasteiger partial charge in [-0.1, -0.05) is 0 Å². The predicted octanol–water partition coefficient (Wildman–Crippen LogP) is 2.33. The molecule has 0 aliphatic heterocycles. The van der Waals surface area contributed by atoms with Gasteiger partial charge >= 0.3 is 5.97 Å². The number of aryl methyl sites for hydroxylation is 1. The molecular formula is C13H14F2N2O3.